The van der Waals surface area contributed by atoms with E-state index in [9.17, 15) is 9.90 Å². The molecular weight excluding hydrogens is 334 g/mol. The van der Waals surface area contributed by atoms with E-state index in [-0.39, 0.29) is 11.7 Å². The van der Waals surface area contributed by atoms with Gasteiger partial charge in [0.2, 0.25) is 0 Å². The zero-order valence-electron chi connectivity index (χ0n) is 13.0. The summed E-state index contributed by atoms with van der Waals surface area (Å²) in [5.41, 5.74) is 4.54. The number of nitrogens with one attached hydrogen (secondary N) is 1. The summed E-state index contributed by atoms with van der Waals surface area (Å²) in [6.07, 6.45) is 0. The maximum absolute atomic E-state index is 12.3. The molecule has 2 aromatic heterocycles. The Morgan fingerprint density at radius 2 is 1.92 bits per heavy atom. The number of benzene rings is 2. The Bertz CT molecular complexity index is 1060. The molecule has 4 rings (SSSR count). The van der Waals surface area contributed by atoms with Crippen molar-refractivity contribution < 1.29 is 9.90 Å². The van der Waals surface area contributed by atoms with Crippen LogP contribution < -0.4 is 5.32 Å². The van der Waals surface area contributed by atoms with Crippen LogP contribution in [0, 0.1) is 0 Å². The fourth-order valence-electron chi connectivity index (χ4n) is 2.60. The van der Waals surface area contributed by atoms with E-state index < -0.39 is 0 Å². The summed E-state index contributed by atoms with van der Waals surface area (Å²) in [4.78, 5) is 21.0. The molecule has 4 aromatic rings. The van der Waals surface area contributed by atoms with Gasteiger partial charge in [0.1, 0.15) is 11.4 Å². The van der Waals surface area contributed by atoms with Gasteiger partial charge in [-0.1, -0.05) is 30.3 Å². The molecule has 0 saturated carbocycles. The normalized spacial score (nSPS) is 10.7. The first kappa shape index (κ1) is 15.3. The zero-order chi connectivity index (χ0) is 17.2. The predicted molar refractivity (Wildman–Crippen MR) is 98.9 cm³/mol. The van der Waals surface area contributed by atoms with E-state index in [4.69, 9.17) is 0 Å². The number of para-hydroxylation sites is 2. The van der Waals surface area contributed by atoms with Gasteiger partial charge < -0.3 is 10.4 Å². The quantitative estimate of drug-likeness (QED) is 0.579. The maximum atomic E-state index is 12.3. The third-order valence-corrected chi connectivity index (χ3v) is 4.40. The van der Waals surface area contributed by atoms with Gasteiger partial charge in [-0.05, 0) is 24.3 Å². The lowest BCUT2D eigenvalue weighted by atomic mass is 10.1. The van der Waals surface area contributed by atoms with Crippen LogP contribution in [-0.2, 0) is 0 Å². The Labute approximate surface area is 147 Å². The van der Waals surface area contributed by atoms with Crippen LogP contribution in [0.15, 0.2) is 65.5 Å². The highest BCUT2D eigenvalue weighted by Gasteiger charge is 2.12. The lowest BCUT2D eigenvalue weighted by molar-refractivity contribution is 0.102. The van der Waals surface area contributed by atoms with Crippen molar-refractivity contribution in [2.24, 2.45) is 0 Å². The second-order valence-electron chi connectivity index (χ2n) is 5.42. The van der Waals surface area contributed by atoms with Gasteiger partial charge in [-0.25, -0.2) is 9.97 Å². The van der Waals surface area contributed by atoms with Crippen LogP contribution in [0.25, 0.3) is 22.2 Å². The van der Waals surface area contributed by atoms with E-state index in [1.54, 1.807) is 35.2 Å². The Hall–Kier alpha value is -3.25. The summed E-state index contributed by atoms with van der Waals surface area (Å²) in [6, 6.07) is 16.4. The molecule has 0 bridgehead atoms. The largest absolute Gasteiger partial charge is 0.507 e. The number of phenolic OH excluding ortho intramolecular Hbond substituents is 1. The smallest absolute Gasteiger partial charge is 0.275 e. The number of anilines is 1. The third-order valence-electron chi connectivity index (χ3n) is 3.81. The minimum Gasteiger partial charge on any atom is -0.507 e. The molecule has 0 aliphatic rings. The van der Waals surface area contributed by atoms with Crippen molar-refractivity contribution in [2.75, 3.05) is 5.32 Å². The summed E-state index contributed by atoms with van der Waals surface area (Å²) < 4.78 is 0. The van der Waals surface area contributed by atoms with Crippen molar-refractivity contribution in [2.45, 2.75) is 0 Å². The summed E-state index contributed by atoms with van der Waals surface area (Å²) in [5.74, 6) is -0.109. The molecule has 0 unspecified atom stereocenters. The van der Waals surface area contributed by atoms with Gasteiger partial charge in [0.15, 0.2) is 0 Å². The number of phenols is 1. The van der Waals surface area contributed by atoms with Crippen molar-refractivity contribution in [3.05, 3.63) is 71.2 Å². The standard InChI is InChI=1S/C19H13N3O2S/c23-17-7-2-1-5-13(17)14-9-8-12-4-3-6-15(18(12)21-14)22-19(24)16-10-25-11-20-16/h1-11,23H,(H,22,24). The molecule has 122 valence electrons. The fourth-order valence-corrected chi connectivity index (χ4v) is 3.13. The highest BCUT2D eigenvalue weighted by molar-refractivity contribution is 7.07. The van der Waals surface area contributed by atoms with Crippen molar-refractivity contribution in [3.8, 4) is 17.0 Å². The number of aromatic hydroxyl groups is 1. The summed E-state index contributed by atoms with van der Waals surface area (Å²) in [5, 5.41) is 15.5. The molecule has 0 atom stereocenters. The van der Waals surface area contributed by atoms with E-state index in [2.05, 4.69) is 15.3 Å². The van der Waals surface area contributed by atoms with Crippen molar-refractivity contribution in [3.63, 3.8) is 0 Å². The number of thiazole rings is 1. The van der Waals surface area contributed by atoms with Gasteiger partial charge in [-0.15, -0.1) is 11.3 Å². The summed E-state index contributed by atoms with van der Waals surface area (Å²) >= 11 is 1.37. The molecule has 0 radical (unpaired) electrons. The molecule has 2 N–H and O–H groups in total. The van der Waals surface area contributed by atoms with Gasteiger partial charge in [-0.2, -0.15) is 0 Å². The topological polar surface area (TPSA) is 75.1 Å². The number of rotatable bonds is 3. The second kappa shape index (κ2) is 6.33. The third kappa shape index (κ3) is 2.95. The van der Waals surface area contributed by atoms with Crippen molar-refractivity contribution in [1.82, 2.24) is 9.97 Å². The van der Waals surface area contributed by atoms with E-state index in [0.29, 0.717) is 28.2 Å². The first-order chi connectivity index (χ1) is 12.2. The Kier molecular flexibility index (Phi) is 3.87. The van der Waals surface area contributed by atoms with E-state index in [1.165, 1.54) is 11.3 Å². The molecule has 6 heteroatoms. The first-order valence-electron chi connectivity index (χ1n) is 7.60. The van der Waals surface area contributed by atoms with Crippen molar-refractivity contribution >= 4 is 33.8 Å². The number of fused-ring (bicyclic) bond motifs is 1. The molecule has 0 aliphatic carbocycles. The Balaban J connectivity index is 1.79. The number of amides is 1. The average molecular weight is 347 g/mol. The van der Waals surface area contributed by atoms with E-state index in [1.807, 2.05) is 30.3 Å². The number of aromatic nitrogens is 2. The zero-order valence-corrected chi connectivity index (χ0v) is 13.8. The lowest BCUT2D eigenvalue weighted by Crippen LogP contribution is -2.12. The predicted octanol–water partition coefficient (Wildman–Crippen LogP) is 4.32. The van der Waals surface area contributed by atoms with Crippen LogP contribution in [0.2, 0.25) is 0 Å². The van der Waals surface area contributed by atoms with E-state index in [0.717, 1.165) is 5.39 Å². The van der Waals surface area contributed by atoms with Crippen LogP contribution >= 0.6 is 11.3 Å². The van der Waals surface area contributed by atoms with Crippen LogP contribution in [0.1, 0.15) is 10.5 Å². The van der Waals surface area contributed by atoms with Gasteiger partial charge in [-0.3, -0.25) is 4.79 Å². The second-order valence-corrected chi connectivity index (χ2v) is 6.14. The molecule has 2 heterocycles. The van der Waals surface area contributed by atoms with Crippen LogP contribution in [0.3, 0.4) is 0 Å². The fraction of sp³-hybridized carbons (Fsp3) is 0. The van der Waals surface area contributed by atoms with Gasteiger partial charge in [0.05, 0.1) is 22.4 Å². The number of carbonyl (C=O) groups excluding carboxylic acids is 1. The Morgan fingerprint density at radius 1 is 1.04 bits per heavy atom. The van der Waals surface area contributed by atoms with Crippen LogP contribution in [-0.4, -0.2) is 21.0 Å². The van der Waals surface area contributed by atoms with Gasteiger partial charge >= 0.3 is 0 Å². The van der Waals surface area contributed by atoms with Gasteiger partial charge in [0, 0.05) is 16.3 Å². The minimum atomic E-state index is -0.275. The minimum absolute atomic E-state index is 0.165. The number of pyridine rings is 1. The van der Waals surface area contributed by atoms with Gasteiger partial charge in [0.25, 0.3) is 5.91 Å². The summed E-state index contributed by atoms with van der Waals surface area (Å²) in [6.45, 7) is 0. The monoisotopic (exact) mass is 347 g/mol. The average Bonchev–Trinajstić information content (AvgIpc) is 3.17. The number of carbonyl (C=O) groups is 1. The number of nitrogens with zero attached hydrogens (tertiary/aromatic N) is 2. The maximum Gasteiger partial charge on any atom is 0.275 e. The highest BCUT2D eigenvalue weighted by Crippen LogP contribution is 2.30. The molecule has 1 amide bonds. The SMILES string of the molecule is O=C(Nc1cccc2ccc(-c3ccccc3O)nc12)c1cscn1. The molecule has 0 fully saturated rings. The number of hydrogen-bond acceptors (Lipinski definition) is 5. The Morgan fingerprint density at radius 3 is 2.72 bits per heavy atom. The summed E-state index contributed by atoms with van der Waals surface area (Å²) in [7, 11) is 0. The van der Waals surface area contributed by atoms with Crippen LogP contribution in [0.5, 0.6) is 5.75 Å². The molecular formula is C19H13N3O2S. The molecule has 5 nitrogen and oxygen atoms in total. The van der Waals surface area contributed by atoms with Crippen LogP contribution in [0.4, 0.5) is 5.69 Å². The molecule has 2 aromatic carbocycles. The molecule has 25 heavy (non-hydrogen) atoms. The van der Waals surface area contributed by atoms with E-state index >= 15 is 0 Å². The lowest BCUT2D eigenvalue weighted by Gasteiger charge is -2.09. The highest BCUT2D eigenvalue weighted by atomic mass is 32.1. The molecule has 0 saturated heterocycles. The van der Waals surface area contributed by atoms with Crippen molar-refractivity contribution in [1.29, 1.82) is 0 Å². The molecule has 0 aliphatic heterocycles. The number of hydrogen-bond donors (Lipinski definition) is 2. The molecule has 0 spiro atoms. The first-order valence-corrected chi connectivity index (χ1v) is 8.54.